The van der Waals surface area contributed by atoms with E-state index in [1.165, 1.54) is 26.2 Å². The van der Waals surface area contributed by atoms with E-state index in [1.807, 2.05) is 0 Å². The molecule has 2 unspecified atom stereocenters. The van der Waals surface area contributed by atoms with Crippen molar-refractivity contribution in [3.05, 3.63) is 18.2 Å². The van der Waals surface area contributed by atoms with Crippen molar-refractivity contribution in [2.24, 2.45) is 0 Å². The normalized spacial score (nSPS) is 24.8. The zero-order valence-corrected chi connectivity index (χ0v) is 10.7. The molecule has 0 aliphatic carbocycles. The van der Waals surface area contributed by atoms with Crippen LogP contribution in [0.1, 0.15) is 6.92 Å². The number of carbonyl (C=O) groups is 1. The van der Waals surface area contributed by atoms with Crippen LogP contribution in [0.5, 0.6) is 5.75 Å². The van der Waals surface area contributed by atoms with E-state index in [9.17, 15) is 13.2 Å². The summed E-state index contributed by atoms with van der Waals surface area (Å²) in [7, 11) is -2.40. The number of fused-ring (bicyclic) bond motifs is 1. The van der Waals surface area contributed by atoms with Gasteiger partial charge in [0.1, 0.15) is 5.75 Å². The summed E-state index contributed by atoms with van der Waals surface area (Å²) in [5.74, 6) is -0.839. The van der Waals surface area contributed by atoms with Crippen LogP contribution in [0.2, 0.25) is 0 Å². The Kier molecular flexibility index (Phi) is 2.94. The van der Waals surface area contributed by atoms with Crippen LogP contribution in [0.15, 0.2) is 23.1 Å². The van der Waals surface area contributed by atoms with Crippen molar-refractivity contribution < 1.29 is 23.1 Å². The molecule has 1 aliphatic rings. The van der Waals surface area contributed by atoms with E-state index in [0.717, 1.165) is 0 Å². The van der Waals surface area contributed by atoms with Gasteiger partial charge in [0, 0.05) is 6.07 Å². The lowest BCUT2D eigenvalue weighted by Gasteiger charge is -2.29. The number of sulfone groups is 1. The van der Waals surface area contributed by atoms with Crippen LogP contribution in [-0.2, 0) is 14.6 Å². The highest BCUT2D eigenvalue weighted by atomic mass is 32.2. The Morgan fingerprint density at radius 1 is 1.44 bits per heavy atom. The minimum atomic E-state index is -3.87. The van der Waals surface area contributed by atoms with Crippen molar-refractivity contribution in [2.45, 2.75) is 23.1 Å². The third-order valence-electron chi connectivity index (χ3n) is 2.91. The van der Waals surface area contributed by atoms with Crippen molar-refractivity contribution in [3.8, 4) is 5.75 Å². The predicted octanol–water partition coefficient (Wildman–Crippen LogP) is 0.736. The molecule has 0 fully saturated rings. The summed E-state index contributed by atoms with van der Waals surface area (Å²) < 4.78 is 29.4. The van der Waals surface area contributed by atoms with Gasteiger partial charge in [-0.25, -0.2) is 8.42 Å². The number of rotatable bonds is 2. The Balaban J connectivity index is 2.61. The lowest BCUT2D eigenvalue weighted by molar-refractivity contribution is -0.136. The van der Waals surface area contributed by atoms with Crippen molar-refractivity contribution in [1.29, 1.82) is 0 Å². The van der Waals surface area contributed by atoms with E-state index < -0.39 is 27.1 Å². The number of benzene rings is 1. The topological polar surface area (TPSA) is 92.7 Å². The van der Waals surface area contributed by atoms with Crippen LogP contribution in [0, 0.1) is 0 Å². The van der Waals surface area contributed by atoms with E-state index in [-0.39, 0.29) is 4.90 Å². The molecule has 0 aromatic heterocycles. The summed E-state index contributed by atoms with van der Waals surface area (Å²) in [5, 5.41) is 10.4. The molecule has 2 atom stereocenters. The van der Waals surface area contributed by atoms with Gasteiger partial charge in [0.15, 0.2) is 15.1 Å². The van der Waals surface area contributed by atoms with Crippen molar-refractivity contribution >= 4 is 21.5 Å². The highest BCUT2D eigenvalue weighted by Crippen LogP contribution is 2.35. The first-order chi connectivity index (χ1) is 8.37. The number of anilines is 1. The molecule has 0 bridgehead atoms. The van der Waals surface area contributed by atoms with Crippen LogP contribution in [0.25, 0.3) is 0 Å². The van der Waals surface area contributed by atoms with Crippen LogP contribution in [0.4, 0.5) is 5.69 Å². The summed E-state index contributed by atoms with van der Waals surface area (Å²) in [6.07, 6.45) is 0. The second-order valence-electron chi connectivity index (χ2n) is 4.10. The third-order valence-corrected chi connectivity index (χ3v) is 5.16. The van der Waals surface area contributed by atoms with Gasteiger partial charge in [-0.2, -0.15) is 0 Å². The molecule has 0 saturated carbocycles. The van der Waals surface area contributed by atoms with Crippen LogP contribution >= 0.6 is 0 Å². The Morgan fingerprint density at radius 2 is 2.11 bits per heavy atom. The van der Waals surface area contributed by atoms with Gasteiger partial charge in [0.2, 0.25) is 0 Å². The number of carboxylic acids is 1. The smallest absolute Gasteiger partial charge is 0.324 e. The first kappa shape index (κ1) is 12.7. The van der Waals surface area contributed by atoms with E-state index >= 15 is 0 Å². The number of ether oxygens (including phenoxy) is 1. The molecule has 7 heteroatoms. The van der Waals surface area contributed by atoms with Crippen molar-refractivity contribution in [3.63, 3.8) is 0 Å². The molecule has 1 aromatic carbocycles. The Hall–Kier alpha value is -1.76. The maximum absolute atomic E-state index is 12.2. The first-order valence-electron chi connectivity index (χ1n) is 5.29. The Bertz CT molecular complexity index is 595. The van der Waals surface area contributed by atoms with Gasteiger partial charge >= 0.3 is 5.97 Å². The molecule has 1 aliphatic heterocycles. The molecular weight excluding hydrogens is 258 g/mol. The lowest BCUT2D eigenvalue weighted by Crippen LogP contribution is -2.46. The zero-order valence-electron chi connectivity index (χ0n) is 9.88. The number of aliphatic carboxylic acids is 1. The molecule has 0 spiro atoms. The quantitative estimate of drug-likeness (QED) is 0.824. The third kappa shape index (κ3) is 1.80. The maximum Gasteiger partial charge on any atom is 0.324 e. The van der Waals surface area contributed by atoms with Gasteiger partial charge in [-0.15, -0.1) is 0 Å². The second kappa shape index (κ2) is 4.16. The number of carboxylic acid groups (broad SMARTS) is 1. The zero-order chi connectivity index (χ0) is 13.5. The van der Waals surface area contributed by atoms with Gasteiger partial charge in [0.25, 0.3) is 0 Å². The number of nitrogens with one attached hydrogen (secondary N) is 1. The van der Waals surface area contributed by atoms with Gasteiger partial charge in [0.05, 0.1) is 23.7 Å². The minimum Gasteiger partial charge on any atom is -0.497 e. The number of hydrogen-bond donors (Lipinski definition) is 2. The molecule has 0 amide bonds. The minimum absolute atomic E-state index is 0.00574. The Morgan fingerprint density at radius 3 is 2.67 bits per heavy atom. The molecular formula is C11H13NO5S. The van der Waals surface area contributed by atoms with E-state index in [0.29, 0.717) is 11.4 Å². The van der Waals surface area contributed by atoms with Gasteiger partial charge in [-0.05, 0) is 19.1 Å². The fourth-order valence-corrected chi connectivity index (χ4v) is 3.90. The number of hydrogen-bond acceptors (Lipinski definition) is 5. The molecule has 98 valence electrons. The largest absolute Gasteiger partial charge is 0.497 e. The fourth-order valence-electron chi connectivity index (χ4n) is 2.07. The summed E-state index contributed by atoms with van der Waals surface area (Å²) in [6.45, 7) is 1.53. The highest BCUT2D eigenvalue weighted by molar-refractivity contribution is 7.93. The summed E-state index contributed by atoms with van der Waals surface area (Å²) in [5.41, 5.74) is 0.374. The summed E-state index contributed by atoms with van der Waals surface area (Å²) in [6, 6.07) is 3.69. The maximum atomic E-state index is 12.2. The second-order valence-corrected chi connectivity index (χ2v) is 6.14. The molecule has 0 radical (unpaired) electrons. The average molecular weight is 271 g/mol. The fraction of sp³-hybridized carbons (Fsp3) is 0.364. The summed E-state index contributed by atoms with van der Waals surface area (Å²) >= 11 is 0. The Labute approximate surface area is 104 Å². The average Bonchev–Trinajstić information content (AvgIpc) is 2.26. The summed E-state index contributed by atoms with van der Waals surface area (Å²) in [4.78, 5) is 11.1. The van der Waals surface area contributed by atoms with Crippen LogP contribution < -0.4 is 10.1 Å². The lowest BCUT2D eigenvalue weighted by atomic mass is 10.2. The standard InChI is InChI=1S/C11H13NO5S/c1-6-10(11(13)14)18(15,16)9-4-3-7(17-2)5-8(9)12-6/h3-6,10,12H,1-2H3,(H,13,14). The molecule has 1 heterocycles. The molecule has 2 N–H and O–H groups in total. The van der Waals surface area contributed by atoms with Gasteiger partial charge < -0.3 is 15.2 Å². The molecule has 18 heavy (non-hydrogen) atoms. The van der Waals surface area contributed by atoms with E-state index in [4.69, 9.17) is 9.84 Å². The van der Waals surface area contributed by atoms with E-state index in [2.05, 4.69) is 5.32 Å². The monoisotopic (exact) mass is 271 g/mol. The van der Waals surface area contributed by atoms with Crippen molar-refractivity contribution in [2.75, 3.05) is 12.4 Å². The first-order valence-corrected chi connectivity index (χ1v) is 6.84. The molecule has 6 nitrogen and oxygen atoms in total. The van der Waals surface area contributed by atoms with Crippen molar-refractivity contribution in [1.82, 2.24) is 0 Å². The van der Waals surface area contributed by atoms with E-state index in [1.54, 1.807) is 6.07 Å². The highest BCUT2D eigenvalue weighted by Gasteiger charge is 2.43. The van der Waals surface area contributed by atoms with Gasteiger partial charge in [-0.1, -0.05) is 0 Å². The van der Waals surface area contributed by atoms with Crippen LogP contribution in [0.3, 0.4) is 0 Å². The molecule has 0 saturated heterocycles. The molecule has 1 aromatic rings. The van der Waals surface area contributed by atoms with Gasteiger partial charge in [-0.3, -0.25) is 4.79 Å². The van der Waals surface area contributed by atoms with Crippen LogP contribution in [-0.4, -0.2) is 37.9 Å². The number of methoxy groups -OCH3 is 1. The predicted molar refractivity (Wildman–Crippen MR) is 64.7 cm³/mol. The SMILES string of the molecule is COc1ccc2c(c1)NC(C)C(C(=O)O)S2(=O)=O. The molecule has 2 rings (SSSR count).